The fourth-order valence-electron chi connectivity index (χ4n) is 4.19. The van der Waals surface area contributed by atoms with Crippen LogP contribution < -0.4 is 9.64 Å². The van der Waals surface area contributed by atoms with Crippen LogP contribution in [-0.4, -0.2) is 18.3 Å². The third-order valence-corrected chi connectivity index (χ3v) is 6.25. The van der Waals surface area contributed by atoms with Crippen LogP contribution in [0.25, 0.3) is 0 Å². The van der Waals surface area contributed by atoms with Gasteiger partial charge in [-0.05, 0) is 49.6 Å². The molecule has 6 heteroatoms. The number of halogens is 2. The molecule has 0 saturated heterocycles. The SMILES string of the molecule is CCOc1ccc(C2CC(=O)N(c3cccc(Cl)c3Cl)C3=C2C(=O)CCC3)cc1. The largest absolute Gasteiger partial charge is 0.494 e. The number of amides is 1. The fraction of sp³-hybridized carbons (Fsp3) is 0.304. The van der Waals surface area contributed by atoms with Gasteiger partial charge in [0.15, 0.2) is 5.78 Å². The van der Waals surface area contributed by atoms with Crippen molar-refractivity contribution in [3.63, 3.8) is 0 Å². The lowest BCUT2D eigenvalue weighted by molar-refractivity contribution is -0.119. The van der Waals surface area contributed by atoms with Gasteiger partial charge < -0.3 is 4.74 Å². The van der Waals surface area contributed by atoms with E-state index in [0.29, 0.717) is 35.2 Å². The van der Waals surface area contributed by atoms with Crippen LogP contribution in [0.2, 0.25) is 10.0 Å². The summed E-state index contributed by atoms with van der Waals surface area (Å²) < 4.78 is 5.52. The highest BCUT2D eigenvalue weighted by molar-refractivity contribution is 6.44. The average Bonchev–Trinajstić information content (AvgIpc) is 2.71. The summed E-state index contributed by atoms with van der Waals surface area (Å²) in [5.41, 5.74) is 2.95. The van der Waals surface area contributed by atoms with Crippen LogP contribution in [0.1, 0.15) is 44.1 Å². The molecule has 1 amide bonds. The third kappa shape index (κ3) is 3.67. The molecule has 29 heavy (non-hydrogen) atoms. The first-order valence-corrected chi connectivity index (χ1v) is 10.5. The van der Waals surface area contributed by atoms with Crippen LogP contribution in [-0.2, 0) is 9.59 Å². The van der Waals surface area contributed by atoms with Crippen molar-refractivity contribution < 1.29 is 14.3 Å². The molecular weight excluding hydrogens is 409 g/mol. The Balaban J connectivity index is 1.81. The Morgan fingerprint density at radius 3 is 2.55 bits per heavy atom. The van der Waals surface area contributed by atoms with E-state index in [1.54, 1.807) is 23.1 Å². The fourth-order valence-corrected chi connectivity index (χ4v) is 4.57. The zero-order valence-electron chi connectivity index (χ0n) is 16.1. The zero-order chi connectivity index (χ0) is 20.5. The van der Waals surface area contributed by atoms with Gasteiger partial charge in [0.25, 0.3) is 0 Å². The van der Waals surface area contributed by atoms with E-state index in [2.05, 4.69) is 0 Å². The topological polar surface area (TPSA) is 46.6 Å². The van der Waals surface area contributed by atoms with Crippen molar-refractivity contribution in [3.8, 4) is 5.75 Å². The van der Waals surface area contributed by atoms with Crippen molar-refractivity contribution in [2.24, 2.45) is 0 Å². The number of anilines is 1. The summed E-state index contributed by atoms with van der Waals surface area (Å²) in [6, 6.07) is 12.9. The Labute approximate surface area is 180 Å². The number of hydrogen-bond acceptors (Lipinski definition) is 3. The molecule has 0 fully saturated rings. The molecule has 1 heterocycles. The summed E-state index contributed by atoms with van der Waals surface area (Å²) >= 11 is 12.6. The monoisotopic (exact) mass is 429 g/mol. The number of allylic oxidation sites excluding steroid dienone is 2. The second-order valence-corrected chi connectivity index (χ2v) is 7.98. The van der Waals surface area contributed by atoms with Gasteiger partial charge in [-0.3, -0.25) is 14.5 Å². The minimum absolute atomic E-state index is 0.0819. The van der Waals surface area contributed by atoms with Gasteiger partial charge in [-0.2, -0.15) is 0 Å². The van der Waals surface area contributed by atoms with Gasteiger partial charge in [0.05, 0.1) is 22.3 Å². The van der Waals surface area contributed by atoms with Crippen molar-refractivity contribution in [2.45, 2.75) is 38.5 Å². The van der Waals surface area contributed by atoms with Crippen molar-refractivity contribution in [2.75, 3.05) is 11.5 Å². The smallest absolute Gasteiger partial charge is 0.232 e. The van der Waals surface area contributed by atoms with E-state index in [0.717, 1.165) is 29.0 Å². The van der Waals surface area contributed by atoms with E-state index in [-0.39, 0.29) is 24.0 Å². The molecule has 2 aromatic rings. The van der Waals surface area contributed by atoms with Gasteiger partial charge >= 0.3 is 0 Å². The lowest BCUT2D eigenvalue weighted by Crippen LogP contribution is -2.40. The quantitative estimate of drug-likeness (QED) is 0.605. The Morgan fingerprint density at radius 2 is 1.83 bits per heavy atom. The molecule has 1 unspecified atom stereocenters. The van der Waals surface area contributed by atoms with Gasteiger partial charge in [0.2, 0.25) is 5.91 Å². The van der Waals surface area contributed by atoms with Crippen LogP contribution in [0.5, 0.6) is 5.75 Å². The molecule has 4 nitrogen and oxygen atoms in total. The number of ketones is 1. The van der Waals surface area contributed by atoms with Crippen molar-refractivity contribution in [1.82, 2.24) is 0 Å². The van der Waals surface area contributed by atoms with Gasteiger partial charge in [-0.25, -0.2) is 0 Å². The van der Waals surface area contributed by atoms with Gasteiger partial charge in [-0.15, -0.1) is 0 Å². The summed E-state index contributed by atoms with van der Waals surface area (Å²) in [6.45, 7) is 2.52. The van der Waals surface area contributed by atoms with Gasteiger partial charge in [-0.1, -0.05) is 41.4 Å². The predicted octanol–water partition coefficient (Wildman–Crippen LogP) is 5.92. The Kier molecular flexibility index (Phi) is 5.66. The van der Waals surface area contributed by atoms with Gasteiger partial charge in [0, 0.05) is 30.0 Å². The zero-order valence-corrected chi connectivity index (χ0v) is 17.6. The highest BCUT2D eigenvalue weighted by Gasteiger charge is 2.40. The van der Waals surface area contributed by atoms with E-state index >= 15 is 0 Å². The first-order valence-electron chi connectivity index (χ1n) is 9.77. The maximum absolute atomic E-state index is 13.2. The molecule has 0 saturated carbocycles. The molecule has 0 bridgehead atoms. The van der Waals surface area contributed by atoms with Crippen molar-refractivity contribution in [1.29, 1.82) is 0 Å². The molecule has 0 N–H and O–H groups in total. The van der Waals surface area contributed by atoms with E-state index in [9.17, 15) is 9.59 Å². The van der Waals surface area contributed by atoms with Crippen LogP contribution in [0.15, 0.2) is 53.7 Å². The number of Topliss-reactive ketones (excluding diaryl/α,β-unsaturated/α-hetero) is 1. The van der Waals surface area contributed by atoms with Crippen molar-refractivity contribution >= 4 is 40.6 Å². The summed E-state index contributed by atoms with van der Waals surface area (Å²) in [7, 11) is 0. The lowest BCUT2D eigenvalue weighted by Gasteiger charge is -2.38. The van der Waals surface area contributed by atoms with Crippen LogP contribution in [0.4, 0.5) is 5.69 Å². The molecule has 2 aliphatic rings. The van der Waals surface area contributed by atoms with Gasteiger partial charge in [0.1, 0.15) is 5.75 Å². The molecule has 1 atom stereocenters. The van der Waals surface area contributed by atoms with Crippen LogP contribution >= 0.6 is 23.2 Å². The lowest BCUT2D eigenvalue weighted by atomic mass is 9.77. The maximum atomic E-state index is 13.2. The maximum Gasteiger partial charge on any atom is 0.232 e. The number of carbonyl (C=O) groups excluding carboxylic acids is 2. The van der Waals surface area contributed by atoms with E-state index < -0.39 is 0 Å². The Morgan fingerprint density at radius 1 is 1.07 bits per heavy atom. The molecule has 1 aliphatic heterocycles. The summed E-state index contributed by atoms with van der Waals surface area (Å²) in [5.74, 6) is 0.535. The number of carbonyl (C=O) groups is 2. The number of rotatable bonds is 4. The summed E-state index contributed by atoms with van der Waals surface area (Å²) in [5, 5.41) is 0.710. The first-order chi connectivity index (χ1) is 14.0. The Hall–Kier alpha value is -2.30. The second-order valence-electron chi connectivity index (χ2n) is 7.20. The number of benzene rings is 2. The molecule has 0 radical (unpaired) electrons. The average molecular weight is 430 g/mol. The normalized spacial score (nSPS) is 19.4. The predicted molar refractivity (Wildman–Crippen MR) is 115 cm³/mol. The Bertz CT molecular complexity index is 998. The van der Waals surface area contributed by atoms with E-state index in [4.69, 9.17) is 27.9 Å². The molecule has 1 aliphatic carbocycles. The number of hydrogen-bond donors (Lipinski definition) is 0. The molecule has 150 valence electrons. The van der Waals surface area contributed by atoms with Crippen LogP contribution in [0.3, 0.4) is 0 Å². The molecular formula is C23H21Cl2NO3. The van der Waals surface area contributed by atoms with E-state index in [1.807, 2.05) is 31.2 Å². The standard InChI is InChI=1S/C23H21Cl2NO3/c1-2-29-15-11-9-14(10-12-15)16-13-21(28)26(18-6-4-8-20(27)22(16)18)19-7-3-5-17(24)23(19)25/h3,5,7,9-12,16H,2,4,6,8,13H2,1H3. The summed E-state index contributed by atoms with van der Waals surface area (Å²) in [4.78, 5) is 27.8. The molecule has 0 aromatic heterocycles. The highest BCUT2D eigenvalue weighted by Crippen LogP contribution is 2.45. The number of nitrogens with zero attached hydrogens (tertiary/aromatic N) is 1. The van der Waals surface area contributed by atoms with Crippen molar-refractivity contribution in [3.05, 3.63) is 69.3 Å². The summed E-state index contributed by atoms with van der Waals surface area (Å²) in [6.07, 6.45) is 2.08. The third-order valence-electron chi connectivity index (χ3n) is 5.44. The molecule has 0 spiro atoms. The molecule has 2 aromatic carbocycles. The number of ether oxygens (including phenoxy) is 1. The minimum atomic E-state index is -0.254. The second kappa shape index (κ2) is 8.21. The van der Waals surface area contributed by atoms with E-state index in [1.165, 1.54) is 0 Å². The first kappa shape index (κ1) is 20.0. The minimum Gasteiger partial charge on any atom is -0.494 e. The highest BCUT2D eigenvalue weighted by atomic mass is 35.5. The molecule has 4 rings (SSSR count). The van der Waals surface area contributed by atoms with Crippen LogP contribution in [0, 0.1) is 0 Å².